The number of alkyl halides is 3. The van der Waals surface area contributed by atoms with Crippen LogP contribution in [-0.2, 0) is 6.18 Å². The van der Waals surface area contributed by atoms with Gasteiger partial charge in [-0.2, -0.15) is 13.2 Å². The van der Waals surface area contributed by atoms with Crippen LogP contribution in [0, 0.1) is 0 Å². The van der Waals surface area contributed by atoms with Gasteiger partial charge in [0.15, 0.2) is 11.5 Å². The fourth-order valence-corrected chi connectivity index (χ4v) is 2.52. The molecule has 1 N–H and O–H groups in total. The Hall–Kier alpha value is -2.29. The van der Waals surface area contributed by atoms with Gasteiger partial charge in [-0.3, -0.25) is 4.79 Å². The van der Waals surface area contributed by atoms with Gasteiger partial charge in [-0.05, 0) is 24.3 Å². The quantitative estimate of drug-likeness (QED) is 0.543. The van der Waals surface area contributed by atoms with E-state index in [2.05, 4.69) is 15.0 Å². The molecule has 11 heteroatoms. The van der Waals surface area contributed by atoms with Crippen LogP contribution in [-0.4, -0.2) is 15.0 Å². The first-order valence-corrected chi connectivity index (χ1v) is 8.26. The van der Waals surface area contributed by atoms with Gasteiger partial charge in [-0.25, -0.2) is 9.97 Å². The lowest BCUT2D eigenvalue weighted by Gasteiger charge is -2.13. The van der Waals surface area contributed by atoms with Crippen molar-refractivity contribution >= 4 is 34.8 Å². The Labute approximate surface area is 164 Å². The number of H-pyrrole nitrogens is 1. The highest BCUT2D eigenvalue weighted by molar-refractivity contribution is 6.42. The van der Waals surface area contributed by atoms with E-state index in [9.17, 15) is 18.0 Å². The van der Waals surface area contributed by atoms with Gasteiger partial charge >= 0.3 is 6.18 Å². The number of halogens is 6. The standard InChI is InChI=1S/C16H7Cl3F3N3O2/c17-8-5-4-7(6-9(8)18)27-12-13(16(20,21)22)24-14(25-15(12)26)10-2-1-3-11(19)23-10/h1-6H,(H,24,25,26). The Morgan fingerprint density at radius 2 is 1.74 bits per heavy atom. The molecule has 1 aromatic carbocycles. The molecule has 0 amide bonds. The fourth-order valence-electron chi connectivity index (χ4n) is 2.07. The number of aromatic nitrogens is 3. The first kappa shape index (κ1) is 19.5. The molecular formula is C16H7Cl3F3N3O2. The average Bonchev–Trinajstić information content (AvgIpc) is 2.58. The maximum atomic E-state index is 13.5. The molecule has 0 atom stereocenters. The maximum absolute atomic E-state index is 13.5. The highest BCUT2D eigenvalue weighted by Crippen LogP contribution is 2.36. The van der Waals surface area contributed by atoms with Crippen molar-refractivity contribution < 1.29 is 17.9 Å². The predicted octanol–water partition coefficient (Wildman–Crippen LogP) is 5.60. The minimum absolute atomic E-state index is 0.0276. The van der Waals surface area contributed by atoms with Gasteiger partial charge in [-0.1, -0.05) is 40.9 Å². The van der Waals surface area contributed by atoms with Crippen molar-refractivity contribution in [2.75, 3.05) is 0 Å². The van der Waals surface area contributed by atoms with E-state index >= 15 is 0 Å². The zero-order valence-electron chi connectivity index (χ0n) is 12.9. The molecule has 0 aliphatic rings. The summed E-state index contributed by atoms with van der Waals surface area (Å²) >= 11 is 17.3. The molecule has 2 heterocycles. The lowest BCUT2D eigenvalue weighted by Crippen LogP contribution is -2.21. The molecule has 2 aromatic heterocycles. The molecule has 0 fully saturated rings. The molecular weight excluding hydrogens is 430 g/mol. The third-order valence-corrected chi connectivity index (χ3v) is 4.16. The predicted molar refractivity (Wildman–Crippen MR) is 94.6 cm³/mol. The summed E-state index contributed by atoms with van der Waals surface area (Å²) in [4.78, 5) is 21.8. The van der Waals surface area contributed by atoms with Crippen molar-refractivity contribution in [3.05, 3.63) is 67.6 Å². The van der Waals surface area contributed by atoms with Crippen LogP contribution in [0.15, 0.2) is 41.2 Å². The monoisotopic (exact) mass is 435 g/mol. The minimum atomic E-state index is -4.97. The molecule has 0 radical (unpaired) electrons. The van der Waals surface area contributed by atoms with E-state index in [0.29, 0.717) is 0 Å². The largest absolute Gasteiger partial charge is 0.449 e. The van der Waals surface area contributed by atoms with E-state index in [1.165, 1.54) is 36.4 Å². The van der Waals surface area contributed by atoms with Crippen molar-refractivity contribution in [1.82, 2.24) is 15.0 Å². The van der Waals surface area contributed by atoms with Crippen LogP contribution >= 0.6 is 34.8 Å². The van der Waals surface area contributed by atoms with E-state index in [1.807, 2.05) is 0 Å². The maximum Gasteiger partial charge on any atom is 0.437 e. The Kier molecular flexibility index (Phi) is 5.32. The van der Waals surface area contributed by atoms with Gasteiger partial charge in [-0.15, -0.1) is 0 Å². The van der Waals surface area contributed by atoms with E-state index < -0.39 is 29.0 Å². The van der Waals surface area contributed by atoms with Crippen molar-refractivity contribution in [2.45, 2.75) is 6.18 Å². The number of nitrogens with one attached hydrogen (secondary N) is 1. The molecule has 140 valence electrons. The highest BCUT2D eigenvalue weighted by atomic mass is 35.5. The average molecular weight is 437 g/mol. The normalized spacial score (nSPS) is 11.5. The number of rotatable bonds is 3. The summed E-state index contributed by atoms with van der Waals surface area (Å²) in [6.45, 7) is 0. The zero-order chi connectivity index (χ0) is 19.8. The SMILES string of the molecule is O=c1[nH]c(-c2cccc(Cl)n2)nc(C(F)(F)F)c1Oc1ccc(Cl)c(Cl)c1. The first-order valence-electron chi connectivity index (χ1n) is 7.12. The van der Waals surface area contributed by atoms with Gasteiger partial charge in [0.25, 0.3) is 5.56 Å². The Balaban J connectivity index is 2.13. The topological polar surface area (TPSA) is 67.9 Å². The molecule has 0 aliphatic carbocycles. The minimum Gasteiger partial charge on any atom is -0.449 e. The van der Waals surface area contributed by atoms with Gasteiger partial charge in [0, 0.05) is 6.07 Å². The summed E-state index contributed by atoms with van der Waals surface area (Å²) in [6.07, 6.45) is -4.97. The second-order valence-corrected chi connectivity index (χ2v) is 6.32. The van der Waals surface area contributed by atoms with Crippen molar-refractivity contribution in [2.24, 2.45) is 0 Å². The lowest BCUT2D eigenvalue weighted by molar-refractivity contribution is -0.142. The molecule has 0 saturated carbocycles. The molecule has 0 bridgehead atoms. The van der Waals surface area contributed by atoms with Crippen LogP contribution < -0.4 is 10.3 Å². The van der Waals surface area contributed by atoms with E-state index in [1.54, 1.807) is 0 Å². The van der Waals surface area contributed by atoms with Crippen LogP contribution in [0.5, 0.6) is 11.5 Å². The van der Waals surface area contributed by atoms with Gasteiger partial charge < -0.3 is 9.72 Å². The Bertz CT molecular complexity index is 1070. The fraction of sp³-hybridized carbons (Fsp3) is 0.0625. The number of nitrogens with zero attached hydrogens (tertiary/aromatic N) is 2. The summed E-state index contributed by atoms with van der Waals surface area (Å²) < 4.78 is 45.5. The van der Waals surface area contributed by atoms with E-state index in [0.717, 1.165) is 0 Å². The highest BCUT2D eigenvalue weighted by Gasteiger charge is 2.39. The smallest absolute Gasteiger partial charge is 0.437 e. The molecule has 0 spiro atoms. The third-order valence-electron chi connectivity index (χ3n) is 3.21. The van der Waals surface area contributed by atoms with Gasteiger partial charge in [0.05, 0.1) is 10.0 Å². The number of aromatic amines is 1. The number of hydrogen-bond donors (Lipinski definition) is 1. The summed E-state index contributed by atoms with van der Waals surface area (Å²) in [5.74, 6) is -1.56. The van der Waals surface area contributed by atoms with Crippen molar-refractivity contribution in [3.63, 3.8) is 0 Å². The third kappa shape index (κ3) is 4.35. The van der Waals surface area contributed by atoms with Crippen LogP contribution in [0.2, 0.25) is 15.2 Å². The number of ether oxygens (including phenoxy) is 1. The molecule has 5 nitrogen and oxygen atoms in total. The second-order valence-electron chi connectivity index (χ2n) is 5.11. The van der Waals surface area contributed by atoms with E-state index in [4.69, 9.17) is 39.5 Å². The van der Waals surface area contributed by atoms with Crippen LogP contribution in [0.3, 0.4) is 0 Å². The lowest BCUT2D eigenvalue weighted by atomic mass is 10.3. The van der Waals surface area contributed by atoms with Crippen LogP contribution in [0.4, 0.5) is 13.2 Å². The number of hydrogen-bond acceptors (Lipinski definition) is 4. The Morgan fingerprint density at radius 1 is 1.00 bits per heavy atom. The first-order chi connectivity index (χ1) is 12.6. The second kappa shape index (κ2) is 7.38. The van der Waals surface area contributed by atoms with Crippen LogP contribution in [0.1, 0.15) is 5.69 Å². The molecule has 3 rings (SSSR count). The molecule has 0 saturated heterocycles. The number of benzene rings is 1. The van der Waals surface area contributed by atoms with Crippen LogP contribution in [0.25, 0.3) is 11.5 Å². The molecule has 0 unspecified atom stereocenters. The summed E-state index contributed by atoms with van der Waals surface area (Å²) in [7, 11) is 0. The molecule has 0 aliphatic heterocycles. The summed E-state index contributed by atoms with van der Waals surface area (Å²) in [5.41, 5.74) is -2.71. The molecule has 3 aromatic rings. The Morgan fingerprint density at radius 3 is 2.37 bits per heavy atom. The van der Waals surface area contributed by atoms with Gasteiger partial charge in [0.2, 0.25) is 5.75 Å². The summed E-state index contributed by atoms with van der Waals surface area (Å²) in [6, 6.07) is 7.99. The molecule has 27 heavy (non-hydrogen) atoms. The van der Waals surface area contributed by atoms with E-state index in [-0.39, 0.29) is 26.6 Å². The van der Waals surface area contributed by atoms with Gasteiger partial charge in [0.1, 0.15) is 16.6 Å². The summed E-state index contributed by atoms with van der Waals surface area (Å²) in [5, 5.41) is 0.251. The van der Waals surface area contributed by atoms with Crippen molar-refractivity contribution in [3.8, 4) is 23.0 Å². The number of pyridine rings is 1. The zero-order valence-corrected chi connectivity index (χ0v) is 15.2. The van der Waals surface area contributed by atoms with Crippen molar-refractivity contribution in [1.29, 1.82) is 0 Å².